The molecule has 0 aromatic carbocycles. The molecule has 92 valence electrons. The maximum atomic E-state index is 12.4. The highest BCUT2D eigenvalue weighted by Crippen LogP contribution is 2.31. The molecular weight excluding hydrogens is 214 g/mol. The van der Waals surface area contributed by atoms with E-state index in [4.69, 9.17) is 0 Å². The van der Waals surface area contributed by atoms with Crippen LogP contribution in [0.5, 0.6) is 0 Å². The predicted octanol–water partition coefficient (Wildman–Crippen LogP) is 1.06. The van der Waals surface area contributed by atoms with Crippen LogP contribution in [0.2, 0.25) is 0 Å². The van der Waals surface area contributed by atoms with E-state index in [1.807, 2.05) is 25.1 Å². The molecule has 0 unspecified atom stereocenters. The first-order valence-corrected chi connectivity index (χ1v) is 5.97. The molecule has 0 bridgehead atoms. The number of hydrogen-bond donors (Lipinski definition) is 1. The quantitative estimate of drug-likeness (QED) is 0.830. The number of amides is 1. The molecule has 1 atom stereocenters. The van der Waals surface area contributed by atoms with E-state index in [0.717, 1.165) is 30.8 Å². The molecule has 0 saturated carbocycles. The maximum absolute atomic E-state index is 12.4. The van der Waals surface area contributed by atoms with E-state index < -0.39 is 5.54 Å². The van der Waals surface area contributed by atoms with Gasteiger partial charge in [0.05, 0.1) is 5.69 Å². The van der Waals surface area contributed by atoms with E-state index in [1.165, 1.54) is 0 Å². The lowest BCUT2D eigenvalue weighted by Gasteiger charge is -2.30. The van der Waals surface area contributed by atoms with Crippen LogP contribution in [0.4, 0.5) is 0 Å². The fraction of sp³-hybridized carbons (Fsp3) is 0.538. The van der Waals surface area contributed by atoms with Crippen LogP contribution >= 0.6 is 0 Å². The highest BCUT2D eigenvalue weighted by molar-refractivity contribution is 5.87. The van der Waals surface area contributed by atoms with Crippen LogP contribution in [0, 0.1) is 6.92 Å². The third-order valence-electron chi connectivity index (χ3n) is 3.25. The first-order valence-electron chi connectivity index (χ1n) is 5.97. The predicted molar refractivity (Wildman–Crippen MR) is 66.6 cm³/mol. The number of rotatable bonds is 2. The van der Waals surface area contributed by atoms with Gasteiger partial charge in [-0.05, 0) is 38.4 Å². The molecule has 1 aromatic rings. The molecule has 0 aliphatic carbocycles. The van der Waals surface area contributed by atoms with Gasteiger partial charge in [-0.3, -0.25) is 15.1 Å². The van der Waals surface area contributed by atoms with Crippen molar-refractivity contribution in [1.82, 2.24) is 15.2 Å². The van der Waals surface area contributed by atoms with Crippen molar-refractivity contribution in [2.24, 2.45) is 0 Å². The second kappa shape index (κ2) is 4.45. The average molecular weight is 233 g/mol. The van der Waals surface area contributed by atoms with Crippen LogP contribution in [0.3, 0.4) is 0 Å². The van der Waals surface area contributed by atoms with Crippen LogP contribution < -0.4 is 5.32 Å². The van der Waals surface area contributed by atoms with Gasteiger partial charge in [0.1, 0.15) is 5.54 Å². The Hall–Kier alpha value is -1.42. The number of likely N-dealkylation sites (N-methyl/N-ethyl adjacent to an activating group) is 1. The van der Waals surface area contributed by atoms with Gasteiger partial charge in [-0.2, -0.15) is 0 Å². The molecular formula is C13H19N3O. The number of aryl methyl sites for hydroxylation is 1. The number of aromatic nitrogens is 1. The smallest absolute Gasteiger partial charge is 0.248 e. The summed E-state index contributed by atoms with van der Waals surface area (Å²) in [6.07, 6.45) is 1.83. The summed E-state index contributed by atoms with van der Waals surface area (Å²) in [4.78, 5) is 18.6. The topological polar surface area (TPSA) is 45.2 Å². The first kappa shape index (κ1) is 12.0. The molecule has 1 N–H and O–H groups in total. The summed E-state index contributed by atoms with van der Waals surface area (Å²) in [5, 5.41) is 3.34. The van der Waals surface area contributed by atoms with E-state index in [1.54, 1.807) is 19.0 Å². The Morgan fingerprint density at radius 2 is 2.24 bits per heavy atom. The molecule has 1 amide bonds. The third kappa shape index (κ3) is 2.05. The van der Waals surface area contributed by atoms with Gasteiger partial charge in [-0.25, -0.2) is 0 Å². The molecule has 2 heterocycles. The Bertz CT molecular complexity index is 422. The lowest BCUT2D eigenvalue weighted by Crippen LogP contribution is -2.51. The van der Waals surface area contributed by atoms with E-state index in [0.29, 0.717) is 0 Å². The Labute approximate surface area is 102 Å². The van der Waals surface area contributed by atoms with Crippen molar-refractivity contribution in [3.05, 3.63) is 29.6 Å². The van der Waals surface area contributed by atoms with E-state index in [9.17, 15) is 4.79 Å². The first-order chi connectivity index (χ1) is 8.06. The minimum absolute atomic E-state index is 0.0908. The molecule has 1 aliphatic rings. The summed E-state index contributed by atoms with van der Waals surface area (Å²) in [5.41, 5.74) is 1.17. The zero-order valence-corrected chi connectivity index (χ0v) is 10.7. The fourth-order valence-electron chi connectivity index (χ4n) is 2.42. The molecule has 1 saturated heterocycles. The minimum Gasteiger partial charge on any atom is -0.347 e. The number of carbonyl (C=O) groups is 1. The van der Waals surface area contributed by atoms with Crippen molar-refractivity contribution in [2.75, 3.05) is 20.6 Å². The summed E-state index contributed by atoms with van der Waals surface area (Å²) in [6, 6.07) is 5.85. The van der Waals surface area contributed by atoms with Crippen molar-refractivity contribution in [3.63, 3.8) is 0 Å². The lowest BCUT2D eigenvalue weighted by molar-refractivity contribution is -0.135. The molecule has 1 fully saturated rings. The summed E-state index contributed by atoms with van der Waals surface area (Å²) >= 11 is 0. The number of nitrogens with zero attached hydrogens (tertiary/aromatic N) is 2. The molecule has 1 aromatic heterocycles. The Balaban J connectivity index is 2.45. The van der Waals surface area contributed by atoms with Crippen molar-refractivity contribution < 1.29 is 4.79 Å². The number of pyridine rings is 1. The molecule has 4 nitrogen and oxygen atoms in total. The van der Waals surface area contributed by atoms with Gasteiger partial charge in [0, 0.05) is 19.8 Å². The lowest BCUT2D eigenvalue weighted by atomic mass is 9.91. The van der Waals surface area contributed by atoms with Crippen molar-refractivity contribution in [2.45, 2.75) is 25.3 Å². The van der Waals surface area contributed by atoms with Gasteiger partial charge in [0.15, 0.2) is 0 Å². The SMILES string of the molecule is Cc1cccc([C@]2(C(=O)N(C)C)CCCN2)n1. The Morgan fingerprint density at radius 1 is 1.47 bits per heavy atom. The third-order valence-corrected chi connectivity index (χ3v) is 3.25. The number of carbonyl (C=O) groups excluding carboxylic acids is 1. The largest absolute Gasteiger partial charge is 0.347 e. The van der Waals surface area contributed by atoms with Gasteiger partial charge in [0.25, 0.3) is 0 Å². The van der Waals surface area contributed by atoms with Crippen molar-refractivity contribution in [1.29, 1.82) is 0 Å². The van der Waals surface area contributed by atoms with E-state index >= 15 is 0 Å². The summed E-state index contributed by atoms with van der Waals surface area (Å²) in [6.45, 7) is 2.82. The van der Waals surface area contributed by atoms with Crippen LogP contribution in [0.15, 0.2) is 18.2 Å². The monoisotopic (exact) mass is 233 g/mol. The zero-order valence-electron chi connectivity index (χ0n) is 10.7. The molecule has 2 rings (SSSR count). The van der Waals surface area contributed by atoms with Gasteiger partial charge in [-0.15, -0.1) is 0 Å². The highest BCUT2D eigenvalue weighted by atomic mass is 16.2. The van der Waals surface area contributed by atoms with Crippen LogP contribution in [0.1, 0.15) is 24.2 Å². The number of hydrogen-bond acceptors (Lipinski definition) is 3. The van der Waals surface area contributed by atoms with E-state index in [-0.39, 0.29) is 5.91 Å². The van der Waals surface area contributed by atoms with Crippen LogP contribution in [-0.2, 0) is 10.3 Å². The maximum Gasteiger partial charge on any atom is 0.248 e. The molecule has 4 heteroatoms. The number of nitrogens with one attached hydrogen (secondary N) is 1. The Morgan fingerprint density at radius 3 is 2.76 bits per heavy atom. The van der Waals surface area contributed by atoms with Crippen molar-refractivity contribution >= 4 is 5.91 Å². The van der Waals surface area contributed by atoms with Gasteiger partial charge < -0.3 is 4.90 Å². The second-order valence-electron chi connectivity index (χ2n) is 4.80. The van der Waals surface area contributed by atoms with Crippen LogP contribution in [0.25, 0.3) is 0 Å². The van der Waals surface area contributed by atoms with Gasteiger partial charge >= 0.3 is 0 Å². The van der Waals surface area contributed by atoms with Gasteiger partial charge in [0.2, 0.25) is 5.91 Å². The molecule has 1 aliphatic heterocycles. The summed E-state index contributed by atoms with van der Waals surface area (Å²) < 4.78 is 0. The summed E-state index contributed by atoms with van der Waals surface area (Å²) in [7, 11) is 3.58. The molecule has 0 spiro atoms. The highest BCUT2D eigenvalue weighted by Gasteiger charge is 2.44. The van der Waals surface area contributed by atoms with Gasteiger partial charge in [-0.1, -0.05) is 6.07 Å². The Kier molecular flexibility index (Phi) is 3.15. The van der Waals surface area contributed by atoms with Crippen molar-refractivity contribution in [3.8, 4) is 0 Å². The normalized spacial score (nSPS) is 23.7. The standard InChI is InChI=1S/C13H19N3O/c1-10-6-4-7-11(15-10)13(8-5-9-14-13)12(17)16(2)3/h4,6-7,14H,5,8-9H2,1-3H3/t13-/m0/s1. The fourth-order valence-corrected chi connectivity index (χ4v) is 2.42. The van der Waals surface area contributed by atoms with E-state index in [2.05, 4.69) is 10.3 Å². The molecule has 17 heavy (non-hydrogen) atoms. The van der Waals surface area contributed by atoms with Crippen LogP contribution in [-0.4, -0.2) is 36.4 Å². The molecule has 0 radical (unpaired) electrons. The summed E-state index contributed by atoms with van der Waals surface area (Å²) in [5.74, 6) is 0.0908. The average Bonchev–Trinajstić information content (AvgIpc) is 2.78. The zero-order chi connectivity index (χ0) is 12.5. The minimum atomic E-state index is -0.616. The second-order valence-corrected chi connectivity index (χ2v) is 4.80.